The Kier molecular flexibility index (Phi) is 2.20. The van der Waals surface area contributed by atoms with Gasteiger partial charge in [-0.25, -0.2) is 0 Å². The van der Waals surface area contributed by atoms with E-state index in [2.05, 4.69) is 25.2 Å². The SMILES string of the molecule is CC1(C)CNc2cc(Cl)ccc2S1. The molecule has 70 valence electrons. The van der Waals surface area contributed by atoms with Crippen LogP contribution in [0.1, 0.15) is 13.8 Å². The third-order valence-corrected chi connectivity index (χ3v) is 3.54. The molecule has 1 nitrogen and oxygen atoms in total. The Hall–Kier alpha value is -0.340. The Labute approximate surface area is 87.9 Å². The fourth-order valence-electron chi connectivity index (χ4n) is 1.37. The Balaban J connectivity index is 2.37. The molecule has 1 heterocycles. The largest absolute Gasteiger partial charge is 0.383 e. The molecule has 0 fully saturated rings. The van der Waals surface area contributed by atoms with Crippen molar-refractivity contribution in [1.29, 1.82) is 0 Å². The highest BCUT2D eigenvalue weighted by Crippen LogP contribution is 2.41. The Morgan fingerprint density at radius 2 is 2.23 bits per heavy atom. The lowest BCUT2D eigenvalue weighted by Gasteiger charge is -2.31. The summed E-state index contributed by atoms with van der Waals surface area (Å²) in [6.45, 7) is 5.47. The molecule has 0 saturated carbocycles. The standard InChI is InChI=1S/C10H12ClNS/c1-10(2)6-12-8-5-7(11)3-4-9(8)13-10/h3-5,12H,6H2,1-2H3. The van der Waals surface area contributed by atoms with Crippen molar-refractivity contribution in [3.8, 4) is 0 Å². The Bertz CT molecular complexity index is 336. The van der Waals surface area contributed by atoms with Crippen LogP contribution in [0, 0.1) is 0 Å². The molecule has 0 spiro atoms. The molecule has 0 atom stereocenters. The third kappa shape index (κ3) is 1.94. The van der Waals surface area contributed by atoms with Gasteiger partial charge in [0.25, 0.3) is 0 Å². The molecule has 1 N–H and O–H groups in total. The van der Waals surface area contributed by atoms with Gasteiger partial charge in [-0.05, 0) is 32.0 Å². The first kappa shape index (κ1) is 9.22. The molecule has 0 aromatic heterocycles. The van der Waals surface area contributed by atoms with Crippen molar-refractivity contribution in [2.24, 2.45) is 0 Å². The predicted molar refractivity (Wildman–Crippen MR) is 59.9 cm³/mol. The van der Waals surface area contributed by atoms with Gasteiger partial charge >= 0.3 is 0 Å². The zero-order chi connectivity index (χ0) is 9.47. The second-order valence-corrected chi connectivity index (χ2v) is 6.04. The summed E-state index contributed by atoms with van der Waals surface area (Å²) in [4.78, 5) is 1.29. The van der Waals surface area contributed by atoms with E-state index in [4.69, 9.17) is 11.6 Å². The molecule has 0 bridgehead atoms. The number of anilines is 1. The Morgan fingerprint density at radius 1 is 1.46 bits per heavy atom. The highest BCUT2D eigenvalue weighted by Gasteiger charge is 2.25. The van der Waals surface area contributed by atoms with E-state index in [0.717, 1.165) is 17.3 Å². The van der Waals surface area contributed by atoms with Crippen LogP contribution in [0.15, 0.2) is 23.1 Å². The highest BCUT2D eigenvalue weighted by atomic mass is 35.5. The average molecular weight is 214 g/mol. The van der Waals surface area contributed by atoms with Crippen LogP contribution in [-0.2, 0) is 0 Å². The molecule has 0 radical (unpaired) electrons. The van der Waals surface area contributed by atoms with Crippen molar-refractivity contribution in [3.05, 3.63) is 23.2 Å². The maximum absolute atomic E-state index is 5.90. The van der Waals surface area contributed by atoms with Crippen LogP contribution in [0.4, 0.5) is 5.69 Å². The van der Waals surface area contributed by atoms with Crippen LogP contribution < -0.4 is 5.32 Å². The number of thioether (sulfide) groups is 1. The van der Waals surface area contributed by atoms with Gasteiger partial charge in [0.05, 0.1) is 0 Å². The first-order valence-electron chi connectivity index (χ1n) is 4.29. The minimum Gasteiger partial charge on any atom is -0.383 e. The first-order valence-corrected chi connectivity index (χ1v) is 5.49. The molecular formula is C10H12ClNS. The van der Waals surface area contributed by atoms with Crippen molar-refractivity contribution in [2.75, 3.05) is 11.9 Å². The molecule has 1 aromatic carbocycles. The number of fused-ring (bicyclic) bond motifs is 1. The van der Waals surface area contributed by atoms with Gasteiger partial charge in [0.1, 0.15) is 0 Å². The van der Waals surface area contributed by atoms with Gasteiger partial charge in [0.15, 0.2) is 0 Å². The molecule has 0 aliphatic carbocycles. The summed E-state index contributed by atoms with van der Waals surface area (Å²) in [5.41, 5.74) is 1.16. The van der Waals surface area contributed by atoms with E-state index in [1.54, 1.807) is 0 Å². The summed E-state index contributed by atoms with van der Waals surface area (Å²) in [7, 11) is 0. The highest BCUT2D eigenvalue weighted by molar-refractivity contribution is 8.00. The van der Waals surface area contributed by atoms with Crippen molar-refractivity contribution in [2.45, 2.75) is 23.5 Å². The van der Waals surface area contributed by atoms with Crippen LogP contribution >= 0.6 is 23.4 Å². The Morgan fingerprint density at radius 3 is 3.00 bits per heavy atom. The molecule has 1 aliphatic rings. The summed E-state index contributed by atoms with van der Waals surface area (Å²) >= 11 is 7.80. The minimum absolute atomic E-state index is 0.279. The number of rotatable bonds is 0. The fourth-order valence-corrected chi connectivity index (χ4v) is 2.66. The number of hydrogen-bond donors (Lipinski definition) is 1. The molecule has 0 amide bonds. The van der Waals surface area contributed by atoms with E-state index in [1.807, 2.05) is 23.9 Å². The van der Waals surface area contributed by atoms with Crippen LogP contribution in [0.5, 0.6) is 0 Å². The second kappa shape index (κ2) is 3.10. The van der Waals surface area contributed by atoms with E-state index in [-0.39, 0.29) is 4.75 Å². The monoisotopic (exact) mass is 213 g/mol. The summed E-state index contributed by atoms with van der Waals surface area (Å²) in [6.07, 6.45) is 0. The molecular weight excluding hydrogens is 202 g/mol. The van der Waals surface area contributed by atoms with Crippen LogP contribution in [0.25, 0.3) is 0 Å². The summed E-state index contributed by atoms with van der Waals surface area (Å²) < 4.78 is 0.279. The summed E-state index contributed by atoms with van der Waals surface area (Å²) in [5, 5.41) is 4.19. The second-order valence-electron chi connectivity index (χ2n) is 3.86. The van der Waals surface area contributed by atoms with Crippen molar-refractivity contribution >= 4 is 29.1 Å². The van der Waals surface area contributed by atoms with Gasteiger partial charge in [-0.15, -0.1) is 11.8 Å². The topological polar surface area (TPSA) is 12.0 Å². The first-order chi connectivity index (χ1) is 6.07. The van der Waals surface area contributed by atoms with Crippen molar-refractivity contribution < 1.29 is 0 Å². The summed E-state index contributed by atoms with van der Waals surface area (Å²) in [6, 6.07) is 6.01. The van der Waals surface area contributed by atoms with Gasteiger partial charge in [0, 0.05) is 26.9 Å². The predicted octanol–water partition coefficient (Wildman–Crippen LogP) is 3.64. The van der Waals surface area contributed by atoms with Gasteiger partial charge < -0.3 is 5.32 Å². The fraction of sp³-hybridized carbons (Fsp3) is 0.400. The van der Waals surface area contributed by atoms with Gasteiger partial charge in [-0.3, -0.25) is 0 Å². The molecule has 1 aliphatic heterocycles. The average Bonchev–Trinajstić information content (AvgIpc) is 2.05. The lowest BCUT2D eigenvalue weighted by Crippen LogP contribution is -2.29. The van der Waals surface area contributed by atoms with Gasteiger partial charge in [-0.1, -0.05) is 11.6 Å². The van der Waals surface area contributed by atoms with Crippen LogP contribution in [0.2, 0.25) is 5.02 Å². The van der Waals surface area contributed by atoms with E-state index in [0.29, 0.717) is 0 Å². The molecule has 2 rings (SSSR count). The lowest BCUT2D eigenvalue weighted by atomic mass is 10.2. The van der Waals surface area contributed by atoms with Crippen LogP contribution in [-0.4, -0.2) is 11.3 Å². The minimum atomic E-state index is 0.279. The van der Waals surface area contributed by atoms with Gasteiger partial charge in [0.2, 0.25) is 0 Å². The number of benzene rings is 1. The molecule has 3 heteroatoms. The van der Waals surface area contributed by atoms with E-state index < -0.39 is 0 Å². The van der Waals surface area contributed by atoms with Crippen LogP contribution in [0.3, 0.4) is 0 Å². The number of nitrogens with one attached hydrogen (secondary N) is 1. The molecule has 13 heavy (non-hydrogen) atoms. The van der Waals surface area contributed by atoms with E-state index in [9.17, 15) is 0 Å². The maximum Gasteiger partial charge on any atom is 0.0493 e. The smallest absolute Gasteiger partial charge is 0.0493 e. The molecule has 0 unspecified atom stereocenters. The number of halogens is 1. The van der Waals surface area contributed by atoms with Crippen molar-refractivity contribution in [3.63, 3.8) is 0 Å². The quantitative estimate of drug-likeness (QED) is 0.706. The van der Waals surface area contributed by atoms with Crippen molar-refractivity contribution in [1.82, 2.24) is 0 Å². The lowest BCUT2D eigenvalue weighted by molar-refractivity contribution is 0.739. The van der Waals surface area contributed by atoms with Gasteiger partial charge in [-0.2, -0.15) is 0 Å². The molecule has 1 aromatic rings. The van der Waals surface area contributed by atoms with E-state index >= 15 is 0 Å². The summed E-state index contributed by atoms with van der Waals surface area (Å²) in [5.74, 6) is 0. The molecule has 0 saturated heterocycles. The third-order valence-electron chi connectivity index (χ3n) is 2.03. The van der Waals surface area contributed by atoms with E-state index in [1.165, 1.54) is 4.90 Å². The number of hydrogen-bond acceptors (Lipinski definition) is 2. The zero-order valence-electron chi connectivity index (χ0n) is 7.73. The normalized spacial score (nSPS) is 19.0. The zero-order valence-corrected chi connectivity index (χ0v) is 9.30. The maximum atomic E-state index is 5.90.